The molecule has 3 heterocycles. The minimum Gasteiger partial charge on any atom is -0.394 e. The smallest absolute Gasteiger partial charge is 0.223 e. The zero-order chi connectivity index (χ0) is 15.0. The lowest BCUT2D eigenvalue weighted by Crippen LogP contribution is -2.22. The number of aromatic nitrogens is 4. The van der Waals surface area contributed by atoms with Crippen LogP contribution in [0.2, 0.25) is 5.15 Å². The molecule has 1 fully saturated rings. The highest BCUT2D eigenvalue weighted by atomic mass is 35.5. The molecule has 1 aliphatic heterocycles. The molecule has 0 spiro atoms. The lowest BCUT2D eigenvalue weighted by Gasteiger charge is -2.13. The molecule has 3 N–H and O–H groups in total. The molecule has 3 atom stereocenters. The average molecular weight is 311 g/mol. The van der Waals surface area contributed by atoms with Crippen molar-refractivity contribution < 1.29 is 9.84 Å². The molecule has 21 heavy (non-hydrogen) atoms. The van der Waals surface area contributed by atoms with Gasteiger partial charge >= 0.3 is 0 Å². The first-order chi connectivity index (χ1) is 10.1. The van der Waals surface area contributed by atoms with Gasteiger partial charge in [-0.2, -0.15) is 9.97 Å². The Bertz CT molecular complexity index is 727. The summed E-state index contributed by atoms with van der Waals surface area (Å²) in [4.78, 5) is 14.8. The Morgan fingerprint density at radius 3 is 3.14 bits per heavy atom. The van der Waals surface area contributed by atoms with Gasteiger partial charge in [-0.15, -0.1) is 0 Å². The number of fused-ring (bicyclic) bond motifs is 1. The lowest BCUT2D eigenvalue weighted by molar-refractivity contribution is -0.0232. The molecule has 0 aromatic carbocycles. The number of nitrogen functional groups attached to an aromatic ring is 1. The van der Waals surface area contributed by atoms with E-state index in [-0.39, 0.29) is 17.7 Å². The molecule has 1 saturated heterocycles. The highest BCUT2D eigenvalue weighted by Gasteiger charge is 2.36. The van der Waals surface area contributed by atoms with Crippen LogP contribution in [-0.4, -0.2) is 43.4 Å². The summed E-state index contributed by atoms with van der Waals surface area (Å²) in [6.07, 6.45) is 0.843. The Morgan fingerprint density at radius 2 is 2.43 bits per heavy atom. The van der Waals surface area contributed by atoms with Gasteiger partial charge < -0.3 is 15.6 Å². The van der Waals surface area contributed by atoms with E-state index in [0.29, 0.717) is 17.6 Å². The van der Waals surface area contributed by atoms with Crippen molar-refractivity contribution in [2.24, 2.45) is 5.11 Å². The van der Waals surface area contributed by atoms with Crippen LogP contribution in [0.4, 0.5) is 5.95 Å². The normalized spacial score (nSPS) is 25.1. The van der Waals surface area contributed by atoms with Crippen molar-refractivity contribution in [2.45, 2.75) is 24.8 Å². The number of anilines is 1. The number of ether oxygens (including phenoxy) is 1. The predicted molar refractivity (Wildman–Crippen MR) is 73.3 cm³/mol. The maximum atomic E-state index is 9.28. The highest BCUT2D eigenvalue weighted by Crippen LogP contribution is 2.33. The highest BCUT2D eigenvalue weighted by molar-refractivity contribution is 6.33. The molecule has 0 saturated carbocycles. The molecule has 10 nitrogen and oxygen atoms in total. The summed E-state index contributed by atoms with van der Waals surface area (Å²) in [5.41, 5.74) is 15.0. The average Bonchev–Trinajstić information content (AvgIpc) is 3.02. The fraction of sp³-hybridized carbons (Fsp3) is 0.500. The van der Waals surface area contributed by atoms with E-state index in [9.17, 15) is 5.11 Å². The van der Waals surface area contributed by atoms with Crippen molar-refractivity contribution in [1.82, 2.24) is 19.5 Å². The standard InChI is InChI=1S/C10H11ClN8O2/c11-8-7-9(16-10(12)15-8)19(3-14-7)6-1-4(17-18-13)5(2-20)21-6/h3-6,20H,1-2H2,(H2,12,15,16)/t4-,5+,6+/m1/s1. The predicted octanol–water partition coefficient (Wildman–Crippen LogP) is 1.02. The number of rotatable bonds is 3. The number of aliphatic hydroxyl groups excluding tert-OH is 1. The quantitative estimate of drug-likeness (QED) is 0.374. The van der Waals surface area contributed by atoms with Crippen LogP contribution >= 0.6 is 11.6 Å². The van der Waals surface area contributed by atoms with Crippen molar-refractivity contribution in [2.75, 3.05) is 12.3 Å². The number of azide groups is 1. The van der Waals surface area contributed by atoms with Crippen LogP contribution < -0.4 is 5.73 Å². The van der Waals surface area contributed by atoms with Crippen molar-refractivity contribution in [3.8, 4) is 0 Å². The summed E-state index contributed by atoms with van der Waals surface area (Å²) >= 11 is 5.96. The Balaban J connectivity index is 2.00. The van der Waals surface area contributed by atoms with E-state index in [1.54, 1.807) is 4.57 Å². The number of halogens is 1. The fourth-order valence-corrected chi connectivity index (χ4v) is 2.57. The summed E-state index contributed by atoms with van der Waals surface area (Å²) in [6, 6.07) is -0.461. The topological polar surface area (TPSA) is 148 Å². The third kappa shape index (κ3) is 2.34. The van der Waals surface area contributed by atoms with E-state index in [0.717, 1.165) is 0 Å². The summed E-state index contributed by atoms with van der Waals surface area (Å²) in [7, 11) is 0. The Hall–Kier alpha value is -2.13. The van der Waals surface area contributed by atoms with Gasteiger partial charge in [0.1, 0.15) is 11.7 Å². The maximum Gasteiger partial charge on any atom is 0.223 e. The number of nitrogens with zero attached hydrogens (tertiary/aromatic N) is 7. The fourth-order valence-electron chi connectivity index (χ4n) is 2.35. The summed E-state index contributed by atoms with van der Waals surface area (Å²) in [5.74, 6) is 0.0255. The molecule has 0 aliphatic carbocycles. The van der Waals surface area contributed by atoms with Gasteiger partial charge in [-0.3, -0.25) is 4.57 Å². The number of aliphatic hydroxyl groups is 1. The summed E-state index contributed by atoms with van der Waals surface area (Å²) < 4.78 is 7.31. The van der Waals surface area contributed by atoms with Gasteiger partial charge in [0.25, 0.3) is 0 Å². The molecular weight excluding hydrogens is 300 g/mol. The minimum atomic E-state index is -0.571. The monoisotopic (exact) mass is 310 g/mol. The second-order valence-corrected chi connectivity index (χ2v) is 4.87. The van der Waals surface area contributed by atoms with E-state index in [2.05, 4.69) is 25.0 Å². The van der Waals surface area contributed by atoms with Gasteiger partial charge in [-0.25, -0.2) is 4.98 Å². The number of hydrogen-bond acceptors (Lipinski definition) is 7. The molecule has 0 unspecified atom stereocenters. The molecule has 2 aromatic heterocycles. The van der Waals surface area contributed by atoms with Crippen LogP contribution in [0.5, 0.6) is 0 Å². The van der Waals surface area contributed by atoms with Gasteiger partial charge in [0, 0.05) is 11.3 Å². The molecule has 3 rings (SSSR count). The zero-order valence-electron chi connectivity index (χ0n) is 10.7. The molecule has 0 amide bonds. The van der Waals surface area contributed by atoms with Gasteiger partial charge in [0.2, 0.25) is 5.95 Å². The molecular formula is C10H11ClN8O2. The summed E-state index contributed by atoms with van der Waals surface area (Å²) in [6.45, 7) is -0.245. The van der Waals surface area contributed by atoms with E-state index < -0.39 is 18.4 Å². The molecule has 0 bridgehead atoms. The summed E-state index contributed by atoms with van der Waals surface area (Å²) in [5, 5.41) is 13.1. The zero-order valence-corrected chi connectivity index (χ0v) is 11.4. The van der Waals surface area contributed by atoms with Crippen LogP contribution in [0.25, 0.3) is 21.6 Å². The van der Waals surface area contributed by atoms with E-state index in [1.807, 2.05) is 0 Å². The van der Waals surface area contributed by atoms with Crippen LogP contribution in [0.15, 0.2) is 11.4 Å². The van der Waals surface area contributed by atoms with Gasteiger partial charge in [-0.1, -0.05) is 16.7 Å². The van der Waals surface area contributed by atoms with E-state index >= 15 is 0 Å². The first kappa shape index (κ1) is 13.8. The van der Waals surface area contributed by atoms with Crippen molar-refractivity contribution >= 4 is 28.7 Å². The largest absolute Gasteiger partial charge is 0.394 e. The Kier molecular flexibility index (Phi) is 3.52. The van der Waals surface area contributed by atoms with Gasteiger partial charge in [0.15, 0.2) is 10.8 Å². The molecule has 110 valence electrons. The molecule has 0 radical (unpaired) electrons. The first-order valence-electron chi connectivity index (χ1n) is 6.10. The number of imidazole rings is 1. The molecule has 11 heteroatoms. The first-order valence-corrected chi connectivity index (χ1v) is 6.48. The van der Waals surface area contributed by atoms with Crippen LogP contribution in [-0.2, 0) is 4.74 Å². The maximum absolute atomic E-state index is 9.28. The minimum absolute atomic E-state index is 0.0255. The lowest BCUT2D eigenvalue weighted by atomic mass is 10.1. The van der Waals surface area contributed by atoms with Crippen molar-refractivity contribution in [1.29, 1.82) is 0 Å². The van der Waals surface area contributed by atoms with Crippen LogP contribution in [0.1, 0.15) is 12.6 Å². The Morgan fingerprint density at radius 1 is 1.62 bits per heavy atom. The number of hydrogen-bond donors (Lipinski definition) is 2. The second-order valence-electron chi connectivity index (χ2n) is 4.52. The SMILES string of the molecule is [N-]=[N+]=N[C@@H]1C[C@@H](n2cnc3c(Cl)nc(N)nc32)O[C@H]1CO. The van der Waals surface area contributed by atoms with Crippen LogP contribution in [0, 0.1) is 0 Å². The molecule has 1 aliphatic rings. The van der Waals surface area contributed by atoms with Gasteiger partial charge in [0.05, 0.1) is 25.1 Å². The second kappa shape index (κ2) is 5.34. The van der Waals surface area contributed by atoms with Crippen molar-refractivity contribution in [3.63, 3.8) is 0 Å². The third-order valence-corrected chi connectivity index (χ3v) is 3.55. The van der Waals surface area contributed by atoms with E-state index in [4.69, 9.17) is 27.6 Å². The van der Waals surface area contributed by atoms with E-state index in [1.165, 1.54) is 6.33 Å². The Labute approximate surface area is 123 Å². The molecule has 2 aromatic rings. The van der Waals surface area contributed by atoms with Gasteiger partial charge in [-0.05, 0) is 5.53 Å². The van der Waals surface area contributed by atoms with Crippen molar-refractivity contribution in [3.05, 3.63) is 21.9 Å². The number of nitrogens with two attached hydrogens (primary N) is 1. The van der Waals surface area contributed by atoms with Crippen LogP contribution in [0.3, 0.4) is 0 Å². The third-order valence-electron chi connectivity index (χ3n) is 3.29.